The van der Waals surface area contributed by atoms with E-state index in [2.05, 4.69) is 10.3 Å². The van der Waals surface area contributed by atoms with Crippen molar-refractivity contribution in [2.24, 2.45) is 0 Å². The predicted octanol–water partition coefficient (Wildman–Crippen LogP) is 0.333. The van der Waals surface area contributed by atoms with Crippen molar-refractivity contribution in [1.82, 2.24) is 14.9 Å². The maximum atomic E-state index is 12.0. The SMILES string of the molecule is CCCCNC(=O)c1nc(CC)n2oc(=O)c(=O)oc12. The summed E-state index contributed by atoms with van der Waals surface area (Å²) in [5.41, 5.74) is -2.51. The highest BCUT2D eigenvalue weighted by Crippen LogP contribution is 2.11. The van der Waals surface area contributed by atoms with E-state index >= 15 is 0 Å². The van der Waals surface area contributed by atoms with Crippen LogP contribution in [0.1, 0.15) is 43.0 Å². The molecule has 0 fully saturated rings. The van der Waals surface area contributed by atoms with Gasteiger partial charge in [0.15, 0.2) is 11.5 Å². The second kappa shape index (κ2) is 5.72. The molecule has 0 unspecified atom stereocenters. The molecular weight excluding hydrogens is 266 g/mol. The van der Waals surface area contributed by atoms with Crippen molar-refractivity contribution >= 4 is 11.6 Å². The van der Waals surface area contributed by atoms with Gasteiger partial charge in [-0.25, -0.2) is 14.6 Å². The third-order valence-corrected chi connectivity index (χ3v) is 2.74. The van der Waals surface area contributed by atoms with Crippen LogP contribution in [0.5, 0.6) is 0 Å². The summed E-state index contributed by atoms with van der Waals surface area (Å²) in [5, 5.41) is 2.67. The number of carbonyl (C=O) groups excluding carboxylic acids is 1. The van der Waals surface area contributed by atoms with Crippen LogP contribution in [0.3, 0.4) is 0 Å². The number of aryl methyl sites for hydroxylation is 1. The Bertz CT molecular complexity index is 740. The van der Waals surface area contributed by atoms with Crippen molar-refractivity contribution < 1.29 is 13.7 Å². The van der Waals surface area contributed by atoms with E-state index in [9.17, 15) is 14.4 Å². The lowest BCUT2D eigenvalue weighted by Crippen LogP contribution is -2.26. The number of hydrogen-bond acceptors (Lipinski definition) is 6. The van der Waals surface area contributed by atoms with Gasteiger partial charge in [-0.3, -0.25) is 4.79 Å². The largest absolute Gasteiger partial charge is 0.442 e. The van der Waals surface area contributed by atoms with Crippen LogP contribution in [0, 0.1) is 0 Å². The summed E-state index contributed by atoms with van der Waals surface area (Å²) in [7, 11) is 0. The van der Waals surface area contributed by atoms with Crippen LogP contribution in [0.2, 0.25) is 0 Å². The topological polar surface area (TPSA) is 107 Å². The van der Waals surface area contributed by atoms with E-state index in [4.69, 9.17) is 8.94 Å². The number of imidazole rings is 1. The molecule has 20 heavy (non-hydrogen) atoms. The molecule has 0 aliphatic carbocycles. The number of unbranched alkanes of at least 4 members (excludes halogenated alkanes) is 1. The summed E-state index contributed by atoms with van der Waals surface area (Å²) < 4.78 is 10.6. The zero-order valence-electron chi connectivity index (χ0n) is 11.3. The molecule has 8 nitrogen and oxygen atoms in total. The van der Waals surface area contributed by atoms with Gasteiger partial charge in [-0.1, -0.05) is 20.3 Å². The van der Waals surface area contributed by atoms with Crippen molar-refractivity contribution in [1.29, 1.82) is 0 Å². The molecule has 0 aliphatic rings. The summed E-state index contributed by atoms with van der Waals surface area (Å²) in [6.45, 7) is 4.27. The summed E-state index contributed by atoms with van der Waals surface area (Å²) in [6, 6.07) is 0. The molecule has 0 saturated carbocycles. The van der Waals surface area contributed by atoms with Crippen molar-refractivity contribution in [3.8, 4) is 0 Å². The molecular formula is C12H15N3O5. The number of aromatic nitrogens is 2. The number of rotatable bonds is 5. The van der Waals surface area contributed by atoms with Gasteiger partial charge < -0.3 is 14.3 Å². The Labute approximate surface area is 113 Å². The van der Waals surface area contributed by atoms with E-state index in [0.717, 1.165) is 17.4 Å². The molecule has 0 saturated heterocycles. The fourth-order valence-corrected chi connectivity index (χ4v) is 1.70. The van der Waals surface area contributed by atoms with E-state index in [1.165, 1.54) is 0 Å². The predicted molar refractivity (Wildman–Crippen MR) is 68.9 cm³/mol. The van der Waals surface area contributed by atoms with Gasteiger partial charge in [0.2, 0.25) is 0 Å². The minimum atomic E-state index is -1.16. The maximum Gasteiger partial charge on any atom is 0.442 e. The lowest BCUT2D eigenvalue weighted by Gasteiger charge is -2.00. The molecule has 1 N–H and O–H groups in total. The maximum absolute atomic E-state index is 12.0. The molecule has 0 spiro atoms. The summed E-state index contributed by atoms with van der Waals surface area (Å²) in [5.74, 6) is -0.130. The summed E-state index contributed by atoms with van der Waals surface area (Å²) in [6.07, 6.45) is 2.19. The van der Waals surface area contributed by atoms with Crippen molar-refractivity contribution in [3.05, 3.63) is 32.4 Å². The highest BCUT2D eigenvalue weighted by molar-refractivity contribution is 5.97. The van der Waals surface area contributed by atoms with Gasteiger partial charge in [-0.15, -0.1) is 4.57 Å². The van der Waals surface area contributed by atoms with Gasteiger partial charge in [0.25, 0.3) is 11.6 Å². The average Bonchev–Trinajstić information content (AvgIpc) is 2.77. The van der Waals surface area contributed by atoms with E-state index in [1.807, 2.05) is 6.92 Å². The fraction of sp³-hybridized carbons (Fsp3) is 0.500. The highest BCUT2D eigenvalue weighted by atomic mass is 16.6. The first-order chi connectivity index (χ1) is 9.58. The molecule has 2 heterocycles. The Balaban J connectivity index is 2.48. The van der Waals surface area contributed by atoms with E-state index in [-0.39, 0.29) is 11.4 Å². The highest BCUT2D eigenvalue weighted by Gasteiger charge is 2.21. The first-order valence-electron chi connectivity index (χ1n) is 6.42. The fourth-order valence-electron chi connectivity index (χ4n) is 1.70. The average molecular weight is 281 g/mol. The quantitative estimate of drug-likeness (QED) is 0.625. The van der Waals surface area contributed by atoms with Crippen molar-refractivity contribution in [2.75, 3.05) is 6.54 Å². The first kappa shape index (κ1) is 14.0. The first-order valence-corrected chi connectivity index (χ1v) is 6.42. The van der Waals surface area contributed by atoms with E-state index in [0.29, 0.717) is 18.8 Å². The number of amides is 1. The molecule has 8 heteroatoms. The molecule has 1 amide bonds. The van der Waals surface area contributed by atoms with Crippen molar-refractivity contribution in [3.63, 3.8) is 0 Å². The Morgan fingerprint density at radius 2 is 2.05 bits per heavy atom. The number of nitrogens with zero attached hydrogens (tertiary/aromatic N) is 2. The lowest BCUT2D eigenvalue weighted by molar-refractivity contribution is 0.0948. The van der Waals surface area contributed by atoms with E-state index < -0.39 is 17.2 Å². The van der Waals surface area contributed by atoms with E-state index in [1.54, 1.807) is 6.92 Å². The van der Waals surface area contributed by atoms with Crippen LogP contribution in [-0.2, 0) is 6.42 Å². The number of hydrogen-bond donors (Lipinski definition) is 1. The van der Waals surface area contributed by atoms with Crippen molar-refractivity contribution in [2.45, 2.75) is 33.1 Å². The number of carbonyl (C=O) groups is 1. The van der Waals surface area contributed by atoms with Crippen LogP contribution in [-0.4, -0.2) is 22.0 Å². The van der Waals surface area contributed by atoms with Gasteiger partial charge >= 0.3 is 11.3 Å². The molecule has 2 aromatic heterocycles. The molecule has 2 aromatic rings. The normalized spacial score (nSPS) is 10.9. The standard InChI is InChI=1S/C12H15N3O5/c1-3-5-6-13-9(16)8-10-15(7(4-2)14-8)20-12(18)11(17)19-10/h3-6H2,1-2H3,(H,13,16). The Kier molecular flexibility index (Phi) is 4.02. The molecule has 0 aromatic carbocycles. The van der Waals surface area contributed by atoms with Crippen LogP contribution >= 0.6 is 0 Å². The molecule has 108 valence electrons. The van der Waals surface area contributed by atoms with Gasteiger partial charge in [0, 0.05) is 13.0 Å². The van der Waals surface area contributed by atoms with Gasteiger partial charge in [-0.2, -0.15) is 0 Å². The smallest absolute Gasteiger partial charge is 0.395 e. The van der Waals surface area contributed by atoms with Crippen LogP contribution in [0.25, 0.3) is 5.71 Å². The lowest BCUT2D eigenvalue weighted by atomic mass is 10.3. The molecule has 0 bridgehead atoms. The second-order valence-corrected chi connectivity index (χ2v) is 4.21. The minimum Gasteiger partial charge on any atom is -0.395 e. The minimum absolute atomic E-state index is 0.0567. The Morgan fingerprint density at radius 3 is 2.70 bits per heavy atom. The zero-order chi connectivity index (χ0) is 14.7. The van der Waals surface area contributed by atoms with Crippen LogP contribution in [0.15, 0.2) is 18.5 Å². The third-order valence-electron chi connectivity index (χ3n) is 2.74. The van der Waals surface area contributed by atoms with Gasteiger partial charge in [-0.05, 0) is 6.42 Å². The Hall–Kier alpha value is -2.38. The molecule has 0 radical (unpaired) electrons. The molecule has 0 aliphatic heterocycles. The van der Waals surface area contributed by atoms with Gasteiger partial charge in [0.1, 0.15) is 0 Å². The zero-order valence-corrected chi connectivity index (χ0v) is 11.3. The van der Waals surface area contributed by atoms with Crippen LogP contribution in [0.4, 0.5) is 0 Å². The van der Waals surface area contributed by atoms with Crippen LogP contribution < -0.4 is 16.6 Å². The van der Waals surface area contributed by atoms with Gasteiger partial charge in [0.05, 0.1) is 0 Å². The summed E-state index contributed by atoms with van der Waals surface area (Å²) in [4.78, 5) is 38.4. The summed E-state index contributed by atoms with van der Waals surface area (Å²) >= 11 is 0. The number of fused-ring (bicyclic) bond motifs is 1. The third kappa shape index (κ3) is 2.49. The second-order valence-electron chi connectivity index (χ2n) is 4.21. The molecule has 0 atom stereocenters. The Morgan fingerprint density at radius 1 is 1.30 bits per heavy atom. The number of nitrogens with one attached hydrogen (secondary N) is 1. The monoisotopic (exact) mass is 281 g/mol. The molecule has 2 rings (SSSR count).